The highest BCUT2D eigenvalue weighted by molar-refractivity contribution is 5.77. The Morgan fingerprint density at radius 3 is 3.18 bits per heavy atom. The van der Waals surface area contributed by atoms with Crippen molar-refractivity contribution < 1.29 is 14.3 Å². The zero-order valence-electron chi connectivity index (χ0n) is 13.0. The van der Waals surface area contributed by atoms with E-state index in [4.69, 9.17) is 9.47 Å². The van der Waals surface area contributed by atoms with Gasteiger partial charge in [0, 0.05) is 25.0 Å². The Hall–Kier alpha value is -1.46. The van der Waals surface area contributed by atoms with Crippen LogP contribution in [0.3, 0.4) is 0 Å². The van der Waals surface area contributed by atoms with Gasteiger partial charge in [-0.15, -0.1) is 0 Å². The normalized spacial score (nSPS) is 20.6. The molecule has 0 radical (unpaired) electrons. The number of aryl methyl sites for hydroxylation is 2. The molecule has 22 heavy (non-hydrogen) atoms. The second kappa shape index (κ2) is 7.70. The first-order valence-corrected chi connectivity index (χ1v) is 8.24. The smallest absolute Gasteiger partial charge is 0.246 e. The molecular weight excluding hydrogens is 280 g/mol. The third-order valence-corrected chi connectivity index (χ3v) is 4.28. The molecule has 1 atom stereocenters. The molecule has 3 rings (SSSR count). The Balaban J connectivity index is 1.35. The molecule has 1 saturated heterocycles. The standard InChI is InChI=1S/C17H24N2O3/c20-17(12-21-11-15-5-1-2-7-22-15)19-10-13-8-14-4-3-6-16(14)18-9-13/h8-9,15H,1-7,10-12H2,(H,19,20). The second-order valence-electron chi connectivity index (χ2n) is 6.08. The summed E-state index contributed by atoms with van der Waals surface area (Å²) in [6.45, 7) is 1.93. The molecule has 0 spiro atoms. The number of ether oxygens (including phenoxy) is 2. The van der Waals surface area contributed by atoms with E-state index >= 15 is 0 Å². The lowest BCUT2D eigenvalue weighted by atomic mass is 10.1. The minimum atomic E-state index is -0.0868. The molecule has 2 aliphatic rings. The molecule has 1 fully saturated rings. The average molecular weight is 304 g/mol. The first-order valence-electron chi connectivity index (χ1n) is 8.24. The number of rotatable bonds is 6. The van der Waals surface area contributed by atoms with Crippen molar-refractivity contribution in [1.82, 2.24) is 10.3 Å². The van der Waals surface area contributed by atoms with Crippen molar-refractivity contribution in [3.63, 3.8) is 0 Å². The predicted molar refractivity (Wildman–Crippen MR) is 82.5 cm³/mol. The van der Waals surface area contributed by atoms with Crippen molar-refractivity contribution in [1.29, 1.82) is 0 Å². The first kappa shape index (κ1) is 15.4. The lowest BCUT2D eigenvalue weighted by Crippen LogP contribution is -2.30. The molecule has 0 saturated carbocycles. The summed E-state index contributed by atoms with van der Waals surface area (Å²) >= 11 is 0. The van der Waals surface area contributed by atoms with E-state index in [0.717, 1.165) is 37.9 Å². The lowest BCUT2D eigenvalue weighted by molar-refractivity contribution is -0.128. The van der Waals surface area contributed by atoms with E-state index in [9.17, 15) is 4.79 Å². The molecule has 1 aromatic heterocycles. The van der Waals surface area contributed by atoms with Gasteiger partial charge in [-0.1, -0.05) is 6.07 Å². The number of carbonyl (C=O) groups excluding carboxylic acids is 1. The van der Waals surface area contributed by atoms with E-state index in [-0.39, 0.29) is 18.6 Å². The number of amides is 1. The quantitative estimate of drug-likeness (QED) is 0.870. The van der Waals surface area contributed by atoms with Crippen molar-refractivity contribution in [2.75, 3.05) is 19.8 Å². The highest BCUT2D eigenvalue weighted by Gasteiger charge is 2.15. The fraction of sp³-hybridized carbons (Fsp3) is 0.647. The number of pyridine rings is 1. The van der Waals surface area contributed by atoms with Gasteiger partial charge in [0.05, 0.1) is 12.7 Å². The van der Waals surface area contributed by atoms with E-state index in [0.29, 0.717) is 13.2 Å². The zero-order valence-corrected chi connectivity index (χ0v) is 13.0. The van der Waals surface area contributed by atoms with Gasteiger partial charge in [0.25, 0.3) is 0 Å². The summed E-state index contributed by atoms with van der Waals surface area (Å²) in [5, 5.41) is 2.88. The monoisotopic (exact) mass is 304 g/mol. The fourth-order valence-electron chi connectivity index (χ4n) is 3.05. The van der Waals surface area contributed by atoms with Crippen LogP contribution in [0.25, 0.3) is 0 Å². The summed E-state index contributed by atoms with van der Waals surface area (Å²) < 4.78 is 11.0. The SMILES string of the molecule is O=C(COCC1CCCCO1)NCc1cnc2c(c1)CCC2. The van der Waals surface area contributed by atoms with Crippen LogP contribution in [0.2, 0.25) is 0 Å². The number of hydrogen-bond acceptors (Lipinski definition) is 4. The molecule has 1 N–H and O–H groups in total. The molecule has 120 valence electrons. The number of fused-ring (bicyclic) bond motifs is 1. The van der Waals surface area contributed by atoms with Crippen LogP contribution in [-0.4, -0.2) is 36.8 Å². The molecule has 5 heteroatoms. The van der Waals surface area contributed by atoms with Gasteiger partial charge in [0.15, 0.2) is 0 Å². The van der Waals surface area contributed by atoms with Crippen molar-refractivity contribution >= 4 is 5.91 Å². The zero-order chi connectivity index (χ0) is 15.2. The molecular formula is C17H24N2O3. The van der Waals surface area contributed by atoms with Crippen LogP contribution in [0.4, 0.5) is 0 Å². The molecule has 2 heterocycles. The number of aromatic nitrogens is 1. The van der Waals surface area contributed by atoms with Crippen LogP contribution in [0.15, 0.2) is 12.3 Å². The summed E-state index contributed by atoms with van der Waals surface area (Å²) in [5.74, 6) is -0.0868. The van der Waals surface area contributed by atoms with Gasteiger partial charge in [-0.25, -0.2) is 0 Å². The molecule has 5 nitrogen and oxygen atoms in total. The van der Waals surface area contributed by atoms with Crippen molar-refractivity contribution in [3.05, 3.63) is 29.1 Å². The van der Waals surface area contributed by atoms with Crippen LogP contribution in [0.5, 0.6) is 0 Å². The van der Waals surface area contributed by atoms with Crippen molar-refractivity contribution in [2.24, 2.45) is 0 Å². The number of carbonyl (C=O) groups is 1. The Labute approximate surface area is 131 Å². The largest absolute Gasteiger partial charge is 0.376 e. The molecule has 1 aromatic rings. The minimum absolute atomic E-state index is 0.0868. The van der Waals surface area contributed by atoms with Gasteiger partial charge in [-0.05, 0) is 49.7 Å². The van der Waals surface area contributed by atoms with E-state index in [1.54, 1.807) is 0 Å². The van der Waals surface area contributed by atoms with Gasteiger partial charge in [-0.2, -0.15) is 0 Å². The molecule has 1 unspecified atom stereocenters. The first-order chi connectivity index (χ1) is 10.8. The third-order valence-electron chi connectivity index (χ3n) is 4.28. The van der Waals surface area contributed by atoms with E-state index in [1.807, 2.05) is 6.20 Å². The average Bonchev–Trinajstić information content (AvgIpc) is 3.01. The molecule has 0 aromatic carbocycles. The van der Waals surface area contributed by atoms with E-state index in [2.05, 4.69) is 16.4 Å². The molecule has 1 aliphatic carbocycles. The van der Waals surface area contributed by atoms with Gasteiger partial charge in [-0.3, -0.25) is 9.78 Å². The second-order valence-corrected chi connectivity index (χ2v) is 6.08. The maximum absolute atomic E-state index is 11.8. The van der Waals surface area contributed by atoms with Gasteiger partial charge >= 0.3 is 0 Å². The number of hydrogen-bond donors (Lipinski definition) is 1. The Morgan fingerprint density at radius 1 is 1.36 bits per heavy atom. The Kier molecular flexibility index (Phi) is 5.40. The van der Waals surface area contributed by atoms with E-state index < -0.39 is 0 Å². The molecule has 0 bridgehead atoms. The summed E-state index contributed by atoms with van der Waals surface area (Å²) in [6, 6.07) is 2.16. The van der Waals surface area contributed by atoms with Crippen LogP contribution in [0.1, 0.15) is 42.5 Å². The number of nitrogens with one attached hydrogen (secondary N) is 1. The van der Waals surface area contributed by atoms with Crippen LogP contribution in [-0.2, 0) is 33.7 Å². The third kappa shape index (κ3) is 4.27. The minimum Gasteiger partial charge on any atom is -0.376 e. The lowest BCUT2D eigenvalue weighted by Gasteiger charge is -2.22. The maximum Gasteiger partial charge on any atom is 0.246 e. The van der Waals surface area contributed by atoms with Gasteiger partial charge < -0.3 is 14.8 Å². The molecule has 1 aliphatic heterocycles. The van der Waals surface area contributed by atoms with Crippen molar-refractivity contribution in [3.8, 4) is 0 Å². The van der Waals surface area contributed by atoms with Crippen LogP contribution in [0, 0.1) is 0 Å². The van der Waals surface area contributed by atoms with Gasteiger partial charge in [0.2, 0.25) is 5.91 Å². The predicted octanol–water partition coefficient (Wildman–Crippen LogP) is 1.77. The maximum atomic E-state index is 11.8. The number of nitrogens with zero attached hydrogens (tertiary/aromatic N) is 1. The summed E-state index contributed by atoms with van der Waals surface area (Å²) in [7, 11) is 0. The van der Waals surface area contributed by atoms with Crippen molar-refractivity contribution in [2.45, 2.75) is 51.2 Å². The van der Waals surface area contributed by atoms with E-state index in [1.165, 1.54) is 24.1 Å². The van der Waals surface area contributed by atoms with Crippen LogP contribution >= 0.6 is 0 Å². The summed E-state index contributed by atoms with van der Waals surface area (Å²) in [6.07, 6.45) is 8.74. The summed E-state index contributed by atoms with van der Waals surface area (Å²) in [5.41, 5.74) is 3.60. The Morgan fingerprint density at radius 2 is 2.32 bits per heavy atom. The fourth-order valence-corrected chi connectivity index (χ4v) is 3.05. The Bertz CT molecular complexity index is 513. The highest BCUT2D eigenvalue weighted by Crippen LogP contribution is 2.20. The van der Waals surface area contributed by atoms with Gasteiger partial charge in [0.1, 0.15) is 6.61 Å². The highest BCUT2D eigenvalue weighted by atomic mass is 16.5. The van der Waals surface area contributed by atoms with Crippen LogP contribution < -0.4 is 5.32 Å². The molecule has 1 amide bonds. The topological polar surface area (TPSA) is 60.5 Å². The summed E-state index contributed by atoms with van der Waals surface area (Å²) in [4.78, 5) is 16.3.